The second-order valence-corrected chi connectivity index (χ2v) is 7.15. The maximum atomic E-state index is 11.9. The Labute approximate surface area is 179 Å². The third-order valence-corrected chi connectivity index (χ3v) is 4.64. The van der Waals surface area contributed by atoms with E-state index in [0.717, 1.165) is 12.8 Å². The molecule has 9 heteroatoms. The summed E-state index contributed by atoms with van der Waals surface area (Å²) in [5.41, 5.74) is 0. The van der Waals surface area contributed by atoms with Gasteiger partial charge in [0.1, 0.15) is 12.5 Å². The predicted molar refractivity (Wildman–Crippen MR) is 99.5 cm³/mol. The minimum Gasteiger partial charge on any atom is -0.550 e. The van der Waals surface area contributed by atoms with Gasteiger partial charge < -0.3 is 29.9 Å². The van der Waals surface area contributed by atoms with Gasteiger partial charge in [-0.2, -0.15) is 0 Å². The van der Waals surface area contributed by atoms with E-state index in [0.29, 0.717) is 13.0 Å². The number of carbonyl (C=O) groups is 3. The van der Waals surface area contributed by atoms with Crippen LogP contribution in [-0.4, -0.2) is 71.9 Å². The van der Waals surface area contributed by atoms with Gasteiger partial charge in [0.25, 0.3) is 0 Å². The Morgan fingerprint density at radius 2 is 1.75 bits per heavy atom. The van der Waals surface area contributed by atoms with Crippen LogP contribution in [0.3, 0.4) is 0 Å². The monoisotopic (exact) mass is 393 g/mol. The number of carbonyl (C=O) groups excluding carboxylic acids is 2. The molecule has 0 radical (unpaired) electrons. The molecule has 0 fully saturated rings. The van der Waals surface area contributed by atoms with E-state index < -0.39 is 23.8 Å². The summed E-state index contributed by atoms with van der Waals surface area (Å²) in [4.78, 5) is 34.4. The number of amides is 1. The standard InChI is InChI=1S/C19H34N2O6.Li/c1-4-5-6-7-8-17(23)20-9-10-21(11-12-22,13-15(2)18(24)25)14-16(3)19(26)27;/h4-5,15-16,22H,6-14H2,1-3H3,(H2-,20,23,24,25,26,27);/q;+1/b5-4+;. The molecule has 1 amide bonds. The van der Waals surface area contributed by atoms with E-state index in [4.69, 9.17) is 0 Å². The normalized spacial score (nSPS) is 15.3. The number of aliphatic hydroxyl groups is 1. The molecule has 3 unspecified atom stereocenters. The van der Waals surface area contributed by atoms with E-state index >= 15 is 0 Å². The van der Waals surface area contributed by atoms with E-state index in [-0.39, 0.29) is 62.0 Å². The van der Waals surface area contributed by atoms with Gasteiger partial charge in [-0.1, -0.05) is 19.1 Å². The summed E-state index contributed by atoms with van der Waals surface area (Å²) in [6, 6.07) is 0. The number of carboxylic acid groups (broad SMARTS) is 2. The van der Waals surface area contributed by atoms with Gasteiger partial charge in [0.15, 0.2) is 0 Å². The van der Waals surface area contributed by atoms with Crippen LogP contribution in [0.15, 0.2) is 12.2 Å². The number of hydrogen-bond acceptors (Lipinski definition) is 5. The number of rotatable bonds is 15. The van der Waals surface area contributed by atoms with Crippen LogP contribution in [0.5, 0.6) is 0 Å². The van der Waals surface area contributed by atoms with Gasteiger partial charge in [-0.05, 0) is 26.7 Å². The fourth-order valence-corrected chi connectivity index (χ4v) is 3.15. The molecule has 28 heavy (non-hydrogen) atoms. The number of aliphatic carboxylic acids is 2. The van der Waals surface area contributed by atoms with Gasteiger partial charge in [-0.15, -0.1) is 0 Å². The molecule has 156 valence electrons. The second-order valence-electron chi connectivity index (χ2n) is 7.15. The summed E-state index contributed by atoms with van der Waals surface area (Å²) in [5, 5.41) is 32.7. The first-order chi connectivity index (χ1) is 12.7. The zero-order chi connectivity index (χ0) is 20.9. The molecule has 0 aliphatic rings. The Morgan fingerprint density at radius 3 is 2.25 bits per heavy atom. The molecule has 0 bridgehead atoms. The summed E-state index contributed by atoms with van der Waals surface area (Å²) in [7, 11) is 0. The quantitative estimate of drug-likeness (QED) is 0.116. The minimum atomic E-state index is -1.22. The maximum absolute atomic E-state index is 11.9. The Balaban J connectivity index is 0. The molecule has 3 N–H and O–H groups in total. The number of aliphatic hydroxyl groups excluding tert-OH is 1. The van der Waals surface area contributed by atoms with Crippen LogP contribution in [0.25, 0.3) is 0 Å². The molecule has 0 aromatic heterocycles. The Hall–Kier alpha value is -1.33. The SMILES string of the molecule is C/C=C/CCCC(=O)NCC[N+](CCO)(CC(C)C(=O)[O-])CC(C)C(=O)O.[Li+]. The van der Waals surface area contributed by atoms with Gasteiger partial charge >= 0.3 is 24.8 Å². The average molecular weight is 393 g/mol. The van der Waals surface area contributed by atoms with Crippen molar-refractivity contribution in [1.29, 1.82) is 0 Å². The third-order valence-electron chi connectivity index (χ3n) is 4.64. The number of allylic oxidation sites excluding steroid dienone is 2. The molecule has 0 saturated heterocycles. The van der Waals surface area contributed by atoms with Crippen LogP contribution in [0.2, 0.25) is 0 Å². The molecule has 0 aliphatic carbocycles. The smallest absolute Gasteiger partial charge is 0.550 e. The molecule has 0 rings (SSSR count). The first kappa shape index (κ1) is 28.9. The third kappa shape index (κ3) is 12.2. The Morgan fingerprint density at radius 1 is 1.14 bits per heavy atom. The minimum absolute atomic E-state index is 0. The number of carboxylic acids is 2. The van der Waals surface area contributed by atoms with Crippen LogP contribution >= 0.6 is 0 Å². The number of hydrogen-bond donors (Lipinski definition) is 3. The molecule has 0 aromatic rings. The van der Waals surface area contributed by atoms with Crippen molar-refractivity contribution < 1.29 is 53.0 Å². The van der Waals surface area contributed by atoms with Crippen molar-refractivity contribution in [2.75, 3.05) is 39.3 Å². The molecule has 0 aliphatic heterocycles. The molecular formula is C19H34LiN2O6+. The van der Waals surface area contributed by atoms with Gasteiger partial charge in [-0.3, -0.25) is 9.59 Å². The van der Waals surface area contributed by atoms with Crippen molar-refractivity contribution in [2.24, 2.45) is 11.8 Å². The van der Waals surface area contributed by atoms with Gasteiger partial charge in [0.2, 0.25) is 5.91 Å². The number of quaternary nitrogens is 1. The van der Waals surface area contributed by atoms with Gasteiger partial charge in [0, 0.05) is 18.3 Å². The summed E-state index contributed by atoms with van der Waals surface area (Å²) in [6.45, 7) is 5.93. The topological polar surface area (TPSA) is 127 Å². The van der Waals surface area contributed by atoms with Crippen molar-refractivity contribution in [3.8, 4) is 0 Å². The maximum Gasteiger partial charge on any atom is 1.00 e. The zero-order valence-corrected chi connectivity index (χ0v) is 17.6. The van der Waals surface area contributed by atoms with E-state index in [1.54, 1.807) is 6.92 Å². The first-order valence-corrected chi connectivity index (χ1v) is 9.45. The average Bonchev–Trinajstić information content (AvgIpc) is 2.58. The van der Waals surface area contributed by atoms with Crippen molar-refractivity contribution in [1.82, 2.24) is 5.32 Å². The molecule has 3 atom stereocenters. The summed E-state index contributed by atoms with van der Waals surface area (Å²) >= 11 is 0. The fraction of sp³-hybridized carbons (Fsp3) is 0.737. The molecule has 0 saturated carbocycles. The number of nitrogens with zero attached hydrogens (tertiary/aromatic N) is 1. The van der Waals surface area contributed by atoms with Gasteiger partial charge in [-0.25, -0.2) is 0 Å². The van der Waals surface area contributed by atoms with E-state index in [2.05, 4.69) is 5.32 Å². The molecular weight excluding hydrogens is 359 g/mol. The van der Waals surface area contributed by atoms with Crippen molar-refractivity contribution in [3.05, 3.63) is 12.2 Å². The van der Waals surface area contributed by atoms with E-state index in [1.165, 1.54) is 6.92 Å². The van der Waals surface area contributed by atoms with Crippen LogP contribution in [-0.2, 0) is 14.4 Å². The van der Waals surface area contributed by atoms with Crippen molar-refractivity contribution >= 4 is 17.8 Å². The van der Waals surface area contributed by atoms with Crippen LogP contribution in [0.1, 0.15) is 40.0 Å². The molecule has 8 nitrogen and oxygen atoms in total. The van der Waals surface area contributed by atoms with Crippen molar-refractivity contribution in [3.63, 3.8) is 0 Å². The number of unbranched alkanes of at least 4 members (excludes halogenated alkanes) is 1. The molecule has 0 spiro atoms. The Kier molecular flexibility index (Phi) is 16.1. The van der Waals surface area contributed by atoms with Gasteiger partial charge in [0.05, 0.1) is 32.8 Å². The first-order valence-electron chi connectivity index (χ1n) is 9.45. The Bertz CT molecular complexity index is 491. The van der Waals surface area contributed by atoms with Crippen LogP contribution in [0, 0.1) is 11.8 Å². The largest absolute Gasteiger partial charge is 1.00 e. The van der Waals surface area contributed by atoms with E-state index in [9.17, 15) is 29.7 Å². The second kappa shape index (κ2) is 15.6. The van der Waals surface area contributed by atoms with Crippen LogP contribution < -0.4 is 29.3 Å². The summed E-state index contributed by atoms with van der Waals surface area (Å²) < 4.78 is 0.0952. The predicted octanol–water partition coefficient (Wildman–Crippen LogP) is -3.23. The van der Waals surface area contributed by atoms with Crippen LogP contribution in [0.4, 0.5) is 0 Å². The zero-order valence-electron chi connectivity index (χ0n) is 17.6. The van der Waals surface area contributed by atoms with Crippen molar-refractivity contribution in [2.45, 2.75) is 40.0 Å². The number of nitrogens with one attached hydrogen (secondary N) is 1. The summed E-state index contributed by atoms with van der Waals surface area (Å²) in [5.74, 6) is -3.80. The molecule has 0 heterocycles. The van der Waals surface area contributed by atoms with E-state index in [1.807, 2.05) is 19.1 Å². The summed E-state index contributed by atoms with van der Waals surface area (Å²) in [6.07, 6.45) is 5.88. The molecule has 0 aromatic carbocycles. The fourth-order valence-electron chi connectivity index (χ4n) is 3.15.